The van der Waals surface area contributed by atoms with Gasteiger partial charge in [-0.2, -0.15) is 0 Å². The third-order valence-corrected chi connectivity index (χ3v) is 6.49. The average Bonchev–Trinajstić information content (AvgIpc) is 3.01. The van der Waals surface area contributed by atoms with E-state index in [0.717, 1.165) is 16.7 Å². The van der Waals surface area contributed by atoms with Gasteiger partial charge in [0, 0.05) is 29.6 Å². The largest absolute Gasteiger partial charge is 0.493 e. The van der Waals surface area contributed by atoms with E-state index in [0.29, 0.717) is 47.5 Å². The summed E-state index contributed by atoms with van der Waals surface area (Å²) in [7, 11) is 0. The Morgan fingerprint density at radius 1 is 0.609 bits per heavy atom. The molecule has 0 unspecified atom stereocenters. The van der Waals surface area contributed by atoms with Crippen molar-refractivity contribution in [3.63, 3.8) is 0 Å². The molecule has 0 aromatic heterocycles. The highest BCUT2D eigenvalue weighted by Crippen LogP contribution is 2.35. The first kappa shape index (κ1) is 35.3. The molecule has 0 radical (unpaired) electrons. The van der Waals surface area contributed by atoms with E-state index in [1.165, 1.54) is 12.1 Å². The standard InChI is InChI=1S/C37H39FO8/c1-23(2)35(39)44-16-8-14-42-33-12-10-27(18-26(33)7)29-19-30(21-31(20-29)46-37(41)25(5)6)28-11-13-34(32(38)22-28)43-15-9-17-45-36(40)24(3)4/h10-13,18-22H,1,3,5,8-9,14-17H2,2,4,6-7H3. The number of hydrogen-bond acceptors (Lipinski definition) is 8. The summed E-state index contributed by atoms with van der Waals surface area (Å²) < 4.78 is 42.2. The summed E-state index contributed by atoms with van der Waals surface area (Å²) in [6.45, 7) is 18.2. The Labute approximate surface area is 269 Å². The van der Waals surface area contributed by atoms with Crippen LogP contribution in [0.1, 0.15) is 39.2 Å². The van der Waals surface area contributed by atoms with Crippen LogP contribution in [-0.2, 0) is 23.9 Å². The van der Waals surface area contributed by atoms with Crippen molar-refractivity contribution in [1.29, 1.82) is 0 Å². The molecule has 0 heterocycles. The highest BCUT2D eigenvalue weighted by molar-refractivity contribution is 5.89. The molecule has 3 aromatic carbocycles. The molecule has 0 aliphatic heterocycles. The lowest BCUT2D eigenvalue weighted by molar-refractivity contribution is -0.140. The van der Waals surface area contributed by atoms with Gasteiger partial charge in [0.1, 0.15) is 11.5 Å². The van der Waals surface area contributed by atoms with Gasteiger partial charge in [0.25, 0.3) is 0 Å². The van der Waals surface area contributed by atoms with Crippen molar-refractivity contribution >= 4 is 17.9 Å². The minimum Gasteiger partial charge on any atom is -0.493 e. The van der Waals surface area contributed by atoms with E-state index in [9.17, 15) is 14.4 Å². The van der Waals surface area contributed by atoms with Crippen molar-refractivity contribution in [2.24, 2.45) is 0 Å². The minimum atomic E-state index is -0.583. The highest BCUT2D eigenvalue weighted by Gasteiger charge is 2.14. The summed E-state index contributed by atoms with van der Waals surface area (Å²) in [4.78, 5) is 35.4. The van der Waals surface area contributed by atoms with E-state index in [1.54, 1.807) is 39.0 Å². The lowest BCUT2D eigenvalue weighted by Crippen LogP contribution is -2.09. The number of hydrogen-bond donors (Lipinski definition) is 0. The maximum absolute atomic E-state index is 15.1. The Hall–Kier alpha value is -5.18. The van der Waals surface area contributed by atoms with Gasteiger partial charge in [-0.25, -0.2) is 18.8 Å². The van der Waals surface area contributed by atoms with Gasteiger partial charge >= 0.3 is 17.9 Å². The zero-order valence-electron chi connectivity index (χ0n) is 26.7. The van der Waals surface area contributed by atoms with Gasteiger partial charge < -0.3 is 23.7 Å². The Bertz CT molecular complexity index is 1530. The third kappa shape index (κ3) is 10.5. The van der Waals surface area contributed by atoms with E-state index in [-0.39, 0.29) is 36.9 Å². The molecule has 0 atom stereocenters. The summed E-state index contributed by atoms with van der Waals surface area (Å²) in [5, 5.41) is 0. The Balaban J connectivity index is 1.78. The Kier molecular flexibility index (Phi) is 12.9. The number of aryl methyl sites for hydroxylation is 1. The second-order valence-corrected chi connectivity index (χ2v) is 10.8. The lowest BCUT2D eigenvalue weighted by atomic mass is 9.97. The van der Waals surface area contributed by atoms with Crippen LogP contribution in [0.2, 0.25) is 0 Å². The second kappa shape index (κ2) is 16.8. The monoisotopic (exact) mass is 630 g/mol. The van der Waals surface area contributed by atoms with Crippen LogP contribution in [0.3, 0.4) is 0 Å². The molecule has 0 aliphatic rings. The van der Waals surface area contributed by atoms with Gasteiger partial charge in [-0.1, -0.05) is 31.9 Å². The Morgan fingerprint density at radius 3 is 1.57 bits per heavy atom. The van der Waals surface area contributed by atoms with Gasteiger partial charge in [-0.05, 0) is 98.0 Å². The normalized spacial score (nSPS) is 10.5. The van der Waals surface area contributed by atoms with E-state index in [2.05, 4.69) is 19.7 Å². The number of ether oxygens (including phenoxy) is 5. The predicted octanol–water partition coefficient (Wildman–Crippen LogP) is 7.73. The van der Waals surface area contributed by atoms with Gasteiger partial charge in [0.2, 0.25) is 0 Å². The molecule has 242 valence electrons. The molecule has 0 amide bonds. The topological polar surface area (TPSA) is 97.4 Å². The molecule has 3 rings (SSSR count). The van der Waals surface area contributed by atoms with Gasteiger partial charge in [0.15, 0.2) is 11.6 Å². The number of carbonyl (C=O) groups excluding carboxylic acids is 3. The summed E-state index contributed by atoms with van der Waals surface area (Å²) in [6.07, 6.45) is 0.902. The van der Waals surface area contributed by atoms with Crippen molar-refractivity contribution in [3.8, 4) is 39.5 Å². The average molecular weight is 631 g/mol. The first-order chi connectivity index (χ1) is 21.8. The summed E-state index contributed by atoms with van der Waals surface area (Å²) in [5.41, 5.74) is 4.45. The fourth-order valence-electron chi connectivity index (χ4n) is 4.03. The molecule has 46 heavy (non-hydrogen) atoms. The first-order valence-corrected chi connectivity index (χ1v) is 14.7. The zero-order chi connectivity index (χ0) is 33.8. The van der Waals surface area contributed by atoms with Gasteiger partial charge in [0.05, 0.1) is 26.4 Å². The summed E-state index contributed by atoms with van der Waals surface area (Å²) >= 11 is 0. The van der Waals surface area contributed by atoms with Crippen LogP contribution in [0.15, 0.2) is 91.1 Å². The fourth-order valence-corrected chi connectivity index (χ4v) is 4.03. The molecule has 8 nitrogen and oxygen atoms in total. The zero-order valence-corrected chi connectivity index (χ0v) is 26.7. The van der Waals surface area contributed by atoms with Crippen LogP contribution in [0.25, 0.3) is 22.3 Å². The molecular weight excluding hydrogens is 591 g/mol. The number of carbonyl (C=O) groups is 3. The molecule has 9 heteroatoms. The molecule has 0 fully saturated rings. The van der Waals surface area contributed by atoms with E-state index in [1.807, 2.05) is 31.2 Å². The van der Waals surface area contributed by atoms with Crippen molar-refractivity contribution in [2.75, 3.05) is 26.4 Å². The molecule has 3 aromatic rings. The molecule has 0 N–H and O–H groups in total. The number of benzene rings is 3. The third-order valence-electron chi connectivity index (χ3n) is 6.49. The van der Waals surface area contributed by atoms with Crippen LogP contribution in [-0.4, -0.2) is 44.3 Å². The second-order valence-electron chi connectivity index (χ2n) is 10.8. The van der Waals surface area contributed by atoms with Crippen LogP contribution in [0.4, 0.5) is 4.39 Å². The van der Waals surface area contributed by atoms with E-state index >= 15 is 4.39 Å². The van der Waals surface area contributed by atoms with Crippen molar-refractivity contribution in [3.05, 3.63) is 102 Å². The lowest BCUT2D eigenvalue weighted by Gasteiger charge is -2.14. The molecular formula is C37H39FO8. The Morgan fingerprint density at radius 2 is 1.09 bits per heavy atom. The summed E-state index contributed by atoms with van der Waals surface area (Å²) in [5.74, 6) is -1.07. The molecule has 0 saturated heterocycles. The van der Waals surface area contributed by atoms with Gasteiger partial charge in [-0.3, -0.25) is 0 Å². The van der Waals surface area contributed by atoms with E-state index < -0.39 is 23.7 Å². The first-order valence-electron chi connectivity index (χ1n) is 14.7. The van der Waals surface area contributed by atoms with Crippen LogP contribution < -0.4 is 14.2 Å². The summed E-state index contributed by atoms with van der Waals surface area (Å²) in [6, 6.07) is 15.5. The van der Waals surface area contributed by atoms with E-state index in [4.69, 9.17) is 23.7 Å². The predicted molar refractivity (Wildman–Crippen MR) is 174 cm³/mol. The van der Waals surface area contributed by atoms with Crippen LogP contribution in [0.5, 0.6) is 17.2 Å². The smallest absolute Gasteiger partial charge is 0.338 e. The van der Waals surface area contributed by atoms with Crippen molar-refractivity contribution in [2.45, 2.75) is 40.5 Å². The molecule has 0 saturated carbocycles. The van der Waals surface area contributed by atoms with Crippen molar-refractivity contribution < 1.29 is 42.5 Å². The van der Waals surface area contributed by atoms with Crippen molar-refractivity contribution in [1.82, 2.24) is 0 Å². The number of halogens is 1. The highest BCUT2D eigenvalue weighted by atomic mass is 19.1. The van der Waals surface area contributed by atoms with Crippen LogP contribution in [0, 0.1) is 12.7 Å². The fraction of sp³-hybridized carbons (Fsp3) is 0.270. The van der Waals surface area contributed by atoms with Crippen LogP contribution >= 0.6 is 0 Å². The quantitative estimate of drug-likeness (QED) is 0.0687. The molecule has 0 spiro atoms. The SMILES string of the molecule is C=C(C)C(=O)OCCCOc1ccc(-c2cc(OC(=O)C(=C)C)cc(-c3ccc(OCCCOC(=O)C(=C)C)c(F)c3)c2)cc1C. The molecule has 0 aliphatic carbocycles. The minimum absolute atomic E-state index is 0.0558. The maximum atomic E-state index is 15.1. The maximum Gasteiger partial charge on any atom is 0.338 e. The number of esters is 3. The molecule has 0 bridgehead atoms. The number of rotatable bonds is 16. The van der Waals surface area contributed by atoms with Gasteiger partial charge in [-0.15, -0.1) is 0 Å².